The number of hydrogen-bond donors (Lipinski definition) is 1. The van der Waals surface area contributed by atoms with Crippen LogP contribution < -0.4 is 0 Å². The van der Waals surface area contributed by atoms with Crippen molar-refractivity contribution in [3.05, 3.63) is 70.3 Å². The average molecular weight is 548 g/mol. The molecule has 0 amide bonds. The lowest BCUT2D eigenvalue weighted by molar-refractivity contribution is -0.143. The van der Waals surface area contributed by atoms with Gasteiger partial charge in [0.1, 0.15) is 0 Å². The second kappa shape index (κ2) is 12.1. The number of carbonyl (C=O) groups excluding carboxylic acids is 1. The number of alkyl halides is 6. The summed E-state index contributed by atoms with van der Waals surface area (Å²) >= 11 is 0. The molecule has 1 fully saturated rings. The van der Waals surface area contributed by atoms with Gasteiger partial charge in [-0.2, -0.15) is 26.3 Å². The van der Waals surface area contributed by atoms with Gasteiger partial charge < -0.3 is 14.6 Å². The number of carbonyl (C=O) groups is 2. The van der Waals surface area contributed by atoms with Crippen LogP contribution in [0, 0.1) is 0 Å². The lowest BCUT2D eigenvalue weighted by atomic mass is 10.0. The van der Waals surface area contributed by atoms with Crippen molar-refractivity contribution in [1.29, 1.82) is 0 Å². The van der Waals surface area contributed by atoms with Crippen molar-refractivity contribution in [3.8, 4) is 0 Å². The minimum absolute atomic E-state index is 0.0613. The molecule has 1 aliphatic heterocycles. The van der Waals surface area contributed by atoms with Crippen molar-refractivity contribution in [2.24, 2.45) is 0 Å². The zero-order valence-corrected chi connectivity index (χ0v) is 20.3. The van der Waals surface area contributed by atoms with Crippen LogP contribution in [-0.4, -0.2) is 73.3 Å². The molecular weight excluding hydrogens is 522 g/mol. The van der Waals surface area contributed by atoms with Gasteiger partial charge >= 0.3 is 24.3 Å². The van der Waals surface area contributed by atoms with Crippen LogP contribution in [-0.2, 0) is 33.2 Å². The quantitative estimate of drug-likeness (QED) is 0.366. The molecule has 7 nitrogen and oxygen atoms in total. The predicted molar refractivity (Wildman–Crippen MR) is 122 cm³/mol. The maximum atomic E-state index is 13.2. The van der Waals surface area contributed by atoms with E-state index in [4.69, 9.17) is 9.84 Å². The van der Waals surface area contributed by atoms with Gasteiger partial charge in [-0.15, -0.1) is 0 Å². The summed E-state index contributed by atoms with van der Waals surface area (Å²) in [4.78, 5) is 26.5. The smallest absolute Gasteiger partial charge is 0.416 e. The Bertz CT molecular complexity index is 1080. The van der Waals surface area contributed by atoms with Crippen molar-refractivity contribution in [3.63, 3.8) is 0 Å². The summed E-state index contributed by atoms with van der Waals surface area (Å²) in [5.74, 6) is -1.51. The number of carboxylic acids is 1. The molecule has 1 heterocycles. The van der Waals surface area contributed by atoms with E-state index in [2.05, 4.69) is 4.74 Å². The summed E-state index contributed by atoms with van der Waals surface area (Å²) in [6.45, 7) is 1.07. The summed E-state index contributed by atoms with van der Waals surface area (Å²) in [6.07, 6.45) is -9.93. The van der Waals surface area contributed by atoms with Gasteiger partial charge in [0.2, 0.25) is 0 Å². The third kappa shape index (κ3) is 7.92. The molecule has 1 N–H and O–H groups in total. The molecule has 1 aliphatic rings. The highest BCUT2D eigenvalue weighted by Crippen LogP contribution is 2.36. The molecule has 2 aromatic rings. The minimum atomic E-state index is -4.96. The van der Waals surface area contributed by atoms with E-state index in [1.807, 2.05) is 4.90 Å². The van der Waals surface area contributed by atoms with E-state index in [9.17, 15) is 35.9 Å². The Labute approximate surface area is 214 Å². The Morgan fingerprint density at radius 2 is 1.47 bits per heavy atom. The number of halogens is 6. The highest BCUT2D eigenvalue weighted by atomic mass is 19.4. The topological polar surface area (TPSA) is 79.3 Å². The number of nitrogens with zero attached hydrogens (tertiary/aromatic N) is 2. The van der Waals surface area contributed by atoms with Crippen LogP contribution in [0.1, 0.15) is 38.7 Å². The average Bonchev–Trinajstić information content (AvgIpc) is 2.85. The number of esters is 1. The summed E-state index contributed by atoms with van der Waals surface area (Å²) in [5.41, 5.74) is -2.13. The number of benzene rings is 2. The van der Waals surface area contributed by atoms with Crippen molar-refractivity contribution in [1.82, 2.24) is 9.80 Å². The van der Waals surface area contributed by atoms with Crippen LogP contribution in [0.2, 0.25) is 0 Å². The Morgan fingerprint density at radius 1 is 0.921 bits per heavy atom. The van der Waals surface area contributed by atoms with E-state index in [0.29, 0.717) is 49.4 Å². The summed E-state index contributed by atoms with van der Waals surface area (Å²) in [6, 6.07) is 7.26. The molecule has 3 rings (SSSR count). The van der Waals surface area contributed by atoms with Crippen molar-refractivity contribution >= 4 is 11.9 Å². The second-order valence-corrected chi connectivity index (χ2v) is 8.76. The van der Waals surface area contributed by atoms with Crippen LogP contribution in [0.4, 0.5) is 26.3 Å². The Kier molecular flexibility index (Phi) is 9.39. The molecule has 0 aliphatic carbocycles. The Balaban J connectivity index is 1.79. The molecule has 1 unspecified atom stereocenters. The van der Waals surface area contributed by atoms with Gasteiger partial charge in [-0.05, 0) is 41.5 Å². The molecule has 0 aromatic heterocycles. The van der Waals surface area contributed by atoms with Crippen LogP contribution in [0.25, 0.3) is 0 Å². The van der Waals surface area contributed by atoms with Gasteiger partial charge in [0.25, 0.3) is 0 Å². The third-order valence-corrected chi connectivity index (χ3v) is 6.11. The van der Waals surface area contributed by atoms with Crippen molar-refractivity contribution in [2.75, 3.05) is 46.4 Å². The number of hydrogen-bond acceptors (Lipinski definition) is 6. The number of methoxy groups -OCH3 is 1. The molecule has 0 saturated carbocycles. The van der Waals surface area contributed by atoms with E-state index >= 15 is 0 Å². The molecule has 1 atom stereocenters. The molecular formula is C25H26F6N2O5. The van der Waals surface area contributed by atoms with E-state index in [-0.39, 0.29) is 24.8 Å². The summed E-state index contributed by atoms with van der Waals surface area (Å²) in [5, 5.41) is 9.02. The lowest BCUT2D eigenvalue weighted by Gasteiger charge is -2.39. The maximum absolute atomic E-state index is 13.2. The van der Waals surface area contributed by atoms with E-state index in [0.717, 1.165) is 0 Å². The lowest BCUT2D eigenvalue weighted by Crippen LogP contribution is -2.49. The molecule has 0 radical (unpaired) electrons. The Morgan fingerprint density at radius 3 is 1.95 bits per heavy atom. The zero-order valence-electron chi connectivity index (χ0n) is 20.3. The third-order valence-electron chi connectivity index (χ3n) is 6.11. The molecule has 38 heavy (non-hydrogen) atoms. The first kappa shape index (κ1) is 29.4. The zero-order chi connectivity index (χ0) is 28.1. The van der Waals surface area contributed by atoms with Gasteiger partial charge in [-0.25, -0.2) is 4.79 Å². The van der Waals surface area contributed by atoms with Gasteiger partial charge in [0, 0.05) is 26.2 Å². The minimum Gasteiger partial charge on any atom is -0.480 e. The SMILES string of the molecule is COC(=O)c1ccc(C(COCc2cc(C(F)(F)F)cc(C(F)(F)F)c2)N2CCN(CC(=O)O)CC2)cc1. The van der Waals surface area contributed by atoms with Crippen LogP contribution in [0.3, 0.4) is 0 Å². The fraction of sp³-hybridized carbons (Fsp3) is 0.440. The highest BCUT2D eigenvalue weighted by molar-refractivity contribution is 5.89. The molecule has 0 spiro atoms. The first-order chi connectivity index (χ1) is 17.8. The van der Waals surface area contributed by atoms with Gasteiger partial charge in [-0.1, -0.05) is 12.1 Å². The normalized spacial score (nSPS) is 16.3. The van der Waals surface area contributed by atoms with Crippen molar-refractivity contribution in [2.45, 2.75) is 25.0 Å². The summed E-state index contributed by atoms with van der Waals surface area (Å²) < 4.78 is 89.5. The van der Waals surface area contributed by atoms with E-state index < -0.39 is 48.1 Å². The standard InChI is InChI=1S/C25H26F6N2O5/c1-37-23(36)18-4-2-17(3-5-18)21(33-8-6-32(7-9-33)13-22(34)35)15-38-14-16-10-19(24(26,27)28)12-20(11-16)25(29,30)31/h2-5,10-12,21H,6-9,13-15H2,1H3,(H,34,35). The van der Waals surface area contributed by atoms with E-state index in [1.54, 1.807) is 17.0 Å². The van der Waals surface area contributed by atoms with Gasteiger partial charge in [-0.3, -0.25) is 14.6 Å². The molecule has 1 saturated heterocycles. The molecule has 0 bridgehead atoms. The first-order valence-electron chi connectivity index (χ1n) is 11.5. The fourth-order valence-electron chi connectivity index (χ4n) is 4.19. The van der Waals surface area contributed by atoms with Gasteiger partial charge in [0.05, 0.1) is 49.6 Å². The molecule has 13 heteroatoms. The number of carboxylic acid groups (broad SMARTS) is 1. The fourth-order valence-corrected chi connectivity index (χ4v) is 4.19. The molecule has 208 valence electrons. The highest BCUT2D eigenvalue weighted by Gasteiger charge is 2.37. The monoisotopic (exact) mass is 548 g/mol. The Hall–Kier alpha value is -3.16. The number of rotatable bonds is 9. The van der Waals surface area contributed by atoms with Crippen LogP contribution >= 0.6 is 0 Å². The molecule has 2 aromatic carbocycles. The van der Waals surface area contributed by atoms with Crippen LogP contribution in [0.5, 0.6) is 0 Å². The number of piperazine rings is 1. The van der Waals surface area contributed by atoms with E-state index in [1.165, 1.54) is 19.2 Å². The maximum Gasteiger partial charge on any atom is 0.416 e. The largest absolute Gasteiger partial charge is 0.480 e. The number of aliphatic carboxylic acids is 1. The second-order valence-electron chi connectivity index (χ2n) is 8.76. The van der Waals surface area contributed by atoms with Crippen LogP contribution in [0.15, 0.2) is 42.5 Å². The first-order valence-corrected chi connectivity index (χ1v) is 11.5. The number of ether oxygens (including phenoxy) is 2. The predicted octanol–water partition coefficient (Wildman–Crippen LogP) is 4.47. The van der Waals surface area contributed by atoms with Crippen molar-refractivity contribution < 1.29 is 50.5 Å². The summed E-state index contributed by atoms with van der Waals surface area (Å²) in [7, 11) is 1.24. The van der Waals surface area contributed by atoms with Gasteiger partial charge in [0.15, 0.2) is 0 Å².